The van der Waals surface area contributed by atoms with Crippen LogP contribution in [0.25, 0.3) is 17.1 Å². The SMILES string of the molecule is Cn1cc(/C=C2\Oc3ccc(NC(=O)Nc4ccc(N5CCOCC5)cc4)cc3C2=O)c2c(N3CC4CCC(C3)O4)ccnc21. The number of carbonyl (C=O) groups excluding carboxylic acids is 2. The van der Waals surface area contributed by atoms with Gasteiger partial charge >= 0.3 is 6.03 Å². The van der Waals surface area contributed by atoms with Gasteiger partial charge < -0.3 is 39.2 Å². The fraction of sp³-hybridized carbons (Fsp3) is 0.324. The molecule has 2 aromatic carbocycles. The van der Waals surface area contributed by atoms with Gasteiger partial charge in [0.15, 0.2) is 5.76 Å². The topological polar surface area (TPSA) is 110 Å². The van der Waals surface area contributed by atoms with Gasteiger partial charge in [-0.15, -0.1) is 0 Å². The number of nitrogens with one attached hydrogen (secondary N) is 2. The van der Waals surface area contributed by atoms with E-state index < -0.39 is 6.03 Å². The second kappa shape index (κ2) is 11.2. The highest BCUT2D eigenvalue weighted by molar-refractivity contribution is 6.16. The first-order valence-corrected chi connectivity index (χ1v) is 15.4. The Hall–Kier alpha value is -4.87. The number of aromatic nitrogens is 2. The van der Waals surface area contributed by atoms with Gasteiger partial charge in [-0.25, -0.2) is 9.78 Å². The first-order chi connectivity index (χ1) is 22.0. The molecule has 4 aliphatic heterocycles. The molecule has 3 saturated heterocycles. The number of urea groups is 1. The Morgan fingerprint density at radius 1 is 0.956 bits per heavy atom. The van der Waals surface area contributed by atoms with Gasteiger partial charge in [-0.05, 0) is 67.4 Å². The molecule has 2 bridgehead atoms. The molecule has 11 nitrogen and oxygen atoms in total. The van der Waals surface area contributed by atoms with Crippen LogP contribution < -0.4 is 25.2 Å². The third kappa shape index (κ3) is 5.27. The number of ether oxygens (including phenoxy) is 3. The Kier molecular flexibility index (Phi) is 6.91. The Morgan fingerprint density at radius 2 is 1.69 bits per heavy atom. The van der Waals surface area contributed by atoms with Crippen LogP contribution in [0.2, 0.25) is 0 Å². The molecule has 4 aromatic rings. The zero-order chi connectivity index (χ0) is 30.5. The lowest BCUT2D eigenvalue weighted by Crippen LogP contribution is -2.42. The minimum atomic E-state index is -0.400. The minimum Gasteiger partial charge on any atom is -0.452 e. The quantitative estimate of drug-likeness (QED) is 0.304. The van der Waals surface area contributed by atoms with Crippen molar-refractivity contribution in [2.75, 3.05) is 59.8 Å². The molecule has 2 atom stereocenters. The molecule has 8 rings (SSSR count). The van der Waals surface area contributed by atoms with Crippen molar-refractivity contribution in [2.24, 2.45) is 7.05 Å². The van der Waals surface area contributed by atoms with E-state index in [2.05, 4.69) is 25.4 Å². The van der Waals surface area contributed by atoms with Crippen molar-refractivity contribution in [3.05, 3.63) is 77.8 Å². The van der Waals surface area contributed by atoms with Crippen molar-refractivity contribution in [1.29, 1.82) is 0 Å². The summed E-state index contributed by atoms with van der Waals surface area (Å²) < 4.78 is 19.5. The number of nitrogens with zero attached hydrogens (tertiary/aromatic N) is 4. The molecule has 4 aliphatic rings. The van der Waals surface area contributed by atoms with E-state index in [0.717, 1.165) is 67.0 Å². The molecule has 11 heteroatoms. The van der Waals surface area contributed by atoms with Gasteiger partial charge in [0.2, 0.25) is 5.78 Å². The van der Waals surface area contributed by atoms with E-state index in [1.54, 1.807) is 24.3 Å². The fourth-order valence-electron chi connectivity index (χ4n) is 6.78. The number of rotatable bonds is 5. The Bertz CT molecular complexity index is 1810. The molecule has 3 fully saturated rings. The minimum absolute atomic E-state index is 0.233. The molecule has 0 saturated carbocycles. The van der Waals surface area contributed by atoms with E-state index >= 15 is 0 Å². The molecule has 45 heavy (non-hydrogen) atoms. The van der Waals surface area contributed by atoms with Crippen molar-refractivity contribution < 1.29 is 23.8 Å². The average Bonchev–Trinajstić information content (AvgIpc) is 3.68. The van der Waals surface area contributed by atoms with Gasteiger partial charge in [-0.1, -0.05) is 0 Å². The molecule has 230 valence electrons. The second-order valence-corrected chi connectivity index (χ2v) is 12.0. The Balaban J connectivity index is 0.988. The van der Waals surface area contributed by atoms with Gasteiger partial charge in [-0.3, -0.25) is 4.79 Å². The number of pyridine rings is 1. The lowest BCUT2D eigenvalue weighted by molar-refractivity contribution is 0.0306. The van der Waals surface area contributed by atoms with Crippen LogP contribution in [0.4, 0.5) is 27.5 Å². The van der Waals surface area contributed by atoms with Crippen LogP contribution in [0.3, 0.4) is 0 Å². The Labute approximate surface area is 260 Å². The van der Waals surface area contributed by atoms with Crippen LogP contribution in [0.15, 0.2) is 66.7 Å². The molecule has 0 spiro atoms. The normalized spacial score (nSPS) is 21.7. The van der Waals surface area contributed by atoms with Crippen LogP contribution in [0.5, 0.6) is 5.75 Å². The predicted molar refractivity (Wildman–Crippen MR) is 172 cm³/mol. The summed E-state index contributed by atoms with van der Waals surface area (Å²) in [5.74, 6) is 0.454. The number of ketones is 1. The van der Waals surface area contributed by atoms with Gasteiger partial charge in [0, 0.05) is 73.6 Å². The van der Waals surface area contributed by atoms with E-state index in [9.17, 15) is 9.59 Å². The van der Waals surface area contributed by atoms with Crippen LogP contribution in [0, 0.1) is 0 Å². The zero-order valence-electron chi connectivity index (χ0n) is 25.0. The number of hydrogen-bond acceptors (Lipinski definition) is 8. The molecule has 2 N–H and O–H groups in total. The highest BCUT2D eigenvalue weighted by Crippen LogP contribution is 2.38. The maximum absolute atomic E-state index is 13.5. The molecule has 2 unspecified atom stereocenters. The number of aryl methyl sites for hydroxylation is 1. The molecule has 2 amide bonds. The van der Waals surface area contributed by atoms with Crippen LogP contribution in [-0.4, -0.2) is 73.0 Å². The highest BCUT2D eigenvalue weighted by Gasteiger charge is 2.35. The second-order valence-electron chi connectivity index (χ2n) is 12.0. The van der Waals surface area contributed by atoms with Crippen molar-refractivity contribution in [1.82, 2.24) is 9.55 Å². The third-order valence-electron chi connectivity index (χ3n) is 8.96. The molecular weight excluding hydrogens is 572 g/mol. The summed E-state index contributed by atoms with van der Waals surface area (Å²) in [5.41, 5.74) is 5.45. The van der Waals surface area contributed by atoms with Crippen LogP contribution >= 0.6 is 0 Å². The maximum Gasteiger partial charge on any atom is 0.323 e. The number of morpholine rings is 2. The summed E-state index contributed by atoms with van der Waals surface area (Å²) in [7, 11) is 1.96. The largest absolute Gasteiger partial charge is 0.452 e. The number of amides is 2. The van der Waals surface area contributed by atoms with E-state index in [1.807, 2.05) is 54.3 Å². The van der Waals surface area contributed by atoms with Crippen molar-refractivity contribution in [3.63, 3.8) is 0 Å². The van der Waals surface area contributed by atoms with Crippen molar-refractivity contribution in [2.45, 2.75) is 25.0 Å². The lowest BCUT2D eigenvalue weighted by atomic mass is 10.1. The smallest absolute Gasteiger partial charge is 0.323 e. The number of anilines is 4. The summed E-state index contributed by atoms with van der Waals surface area (Å²) in [5, 5.41) is 6.68. The summed E-state index contributed by atoms with van der Waals surface area (Å²) in [6.45, 7) is 4.80. The molecule has 0 aliphatic carbocycles. The number of carbonyl (C=O) groups is 2. The summed E-state index contributed by atoms with van der Waals surface area (Å²) in [4.78, 5) is 35.6. The van der Waals surface area contributed by atoms with E-state index in [-0.39, 0.29) is 23.8 Å². The first-order valence-electron chi connectivity index (χ1n) is 15.4. The van der Waals surface area contributed by atoms with Gasteiger partial charge in [-0.2, -0.15) is 0 Å². The molecule has 0 radical (unpaired) electrons. The molecule has 6 heterocycles. The van der Waals surface area contributed by atoms with E-state index in [0.29, 0.717) is 35.9 Å². The highest BCUT2D eigenvalue weighted by atomic mass is 16.5. The predicted octanol–water partition coefficient (Wildman–Crippen LogP) is 5.04. The molecular formula is C34H34N6O5. The fourth-order valence-corrected chi connectivity index (χ4v) is 6.78. The standard InChI is InChI=1S/C34H34N6O5/c1-38-18-21(31-28(10-11-35-33(31)38)40-19-25-7-8-26(20-40)44-25)16-30-32(41)27-17-23(4-9-29(27)45-30)37-34(42)36-22-2-5-24(6-3-22)39-12-14-43-15-13-39/h2-6,9-11,16-18,25-26H,7-8,12-15,19-20H2,1H3,(H2,36,37,42)/b30-16-. The van der Waals surface area contributed by atoms with Crippen LogP contribution in [0.1, 0.15) is 28.8 Å². The van der Waals surface area contributed by atoms with E-state index in [4.69, 9.17) is 14.2 Å². The maximum atomic E-state index is 13.5. The number of benzene rings is 2. The zero-order valence-corrected chi connectivity index (χ0v) is 25.0. The van der Waals surface area contributed by atoms with Gasteiger partial charge in [0.1, 0.15) is 11.4 Å². The number of allylic oxidation sites excluding steroid dienone is 1. The van der Waals surface area contributed by atoms with Crippen molar-refractivity contribution >= 4 is 51.7 Å². The summed E-state index contributed by atoms with van der Waals surface area (Å²) >= 11 is 0. The van der Waals surface area contributed by atoms with Gasteiger partial charge in [0.25, 0.3) is 0 Å². The summed E-state index contributed by atoms with van der Waals surface area (Å²) in [6.07, 6.45) is 8.28. The Morgan fingerprint density at radius 3 is 2.47 bits per heavy atom. The number of Topliss-reactive ketones (excluding diaryl/α,β-unsaturated/α-hetero) is 1. The number of fused-ring (bicyclic) bond motifs is 4. The average molecular weight is 607 g/mol. The summed E-state index contributed by atoms with van der Waals surface area (Å²) in [6, 6.07) is 14.5. The monoisotopic (exact) mass is 606 g/mol. The third-order valence-corrected chi connectivity index (χ3v) is 8.96. The van der Waals surface area contributed by atoms with Gasteiger partial charge in [0.05, 0.1) is 36.7 Å². The van der Waals surface area contributed by atoms with E-state index in [1.165, 1.54) is 0 Å². The van der Waals surface area contributed by atoms with Crippen LogP contribution in [-0.2, 0) is 16.5 Å². The first kappa shape index (κ1) is 27.7. The number of hydrogen-bond donors (Lipinski definition) is 2. The van der Waals surface area contributed by atoms with Crippen molar-refractivity contribution in [3.8, 4) is 5.75 Å². The molecule has 2 aromatic heterocycles. The lowest BCUT2D eigenvalue weighted by Gasteiger charge is -2.34.